The largest absolute Gasteiger partial charge is 0.314 e. The van der Waals surface area contributed by atoms with E-state index >= 15 is 0 Å². The van der Waals surface area contributed by atoms with E-state index < -0.39 is 0 Å². The van der Waals surface area contributed by atoms with Gasteiger partial charge in [-0.3, -0.25) is 0 Å². The number of hydrogen-bond acceptors (Lipinski definition) is 2. The second kappa shape index (κ2) is 5.72. The van der Waals surface area contributed by atoms with Gasteiger partial charge in [-0.25, -0.2) is 0 Å². The maximum Gasteiger partial charge on any atom is 0.0105 e. The standard InChI is InChI=1S/C12H26N2/c1-10(2)9-14(4)8-6-12-11(3)5-7-13-12/h10-13H,5-9H2,1-4H3. The molecule has 0 amide bonds. The van der Waals surface area contributed by atoms with Crippen molar-refractivity contribution in [3.05, 3.63) is 0 Å². The summed E-state index contributed by atoms with van der Waals surface area (Å²) in [7, 11) is 2.24. The van der Waals surface area contributed by atoms with E-state index in [0.29, 0.717) is 0 Å². The van der Waals surface area contributed by atoms with Crippen molar-refractivity contribution in [2.75, 3.05) is 26.7 Å². The fourth-order valence-corrected chi connectivity index (χ4v) is 2.36. The summed E-state index contributed by atoms with van der Waals surface area (Å²) in [6, 6.07) is 0.768. The minimum atomic E-state index is 0.768. The van der Waals surface area contributed by atoms with Gasteiger partial charge in [0.05, 0.1) is 0 Å². The normalized spacial score (nSPS) is 27.9. The van der Waals surface area contributed by atoms with Gasteiger partial charge in [0.1, 0.15) is 0 Å². The Morgan fingerprint density at radius 2 is 2.14 bits per heavy atom. The lowest BCUT2D eigenvalue weighted by Gasteiger charge is -2.22. The molecule has 1 fully saturated rings. The van der Waals surface area contributed by atoms with Crippen LogP contribution in [0.15, 0.2) is 0 Å². The van der Waals surface area contributed by atoms with Gasteiger partial charge in [-0.1, -0.05) is 20.8 Å². The third kappa shape index (κ3) is 3.97. The lowest BCUT2D eigenvalue weighted by atomic mass is 10.0. The van der Waals surface area contributed by atoms with Gasteiger partial charge in [0.25, 0.3) is 0 Å². The summed E-state index contributed by atoms with van der Waals surface area (Å²) >= 11 is 0. The quantitative estimate of drug-likeness (QED) is 0.726. The molecule has 2 unspecified atom stereocenters. The van der Waals surface area contributed by atoms with Crippen molar-refractivity contribution in [3.8, 4) is 0 Å². The second-order valence-electron chi connectivity index (χ2n) is 5.27. The molecule has 0 radical (unpaired) electrons. The van der Waals surface area contributed by atoms with Gasteiger partial charge in [0.15, 0.2) is 0 Å². The summed E-state index contributed by atoms with van der Waals surface area (Å²) in [5, 5.41) is 3.59. The second-order valence-corrected chi connectivity index (χ2v) is 5.27. The first-order valence-corrected chi connectivity index (χ1v) is 6.01. The number of rotatable bonds is 5. The van der Waals surface area contributed by atoms with Crippen LogP contribution in [0.4, 0.5) is 0 Å². The molecule has 1 rings (SSSR count). The van der Waals surface area contributed by atoms with Crippen LogP contribution in [-0.4, -0.2) is 37.6 Å². The predicted octanol–water partition coefficient (Wildman–Crippen LogP) is 1.96. The van der Waals surface area contributed by atoms with Crippen LogP contribution >= 0.6 is 0 Å². The molecule has 84 valence electrons. The van der Waals surface area contributed by atoms with Gasteiger partial charge in [-0.15, -0.1) is 0 Å². The highest BCUT2D eigenvalue weighted by atomic mass is 15.1. The molecular formula is C12H26N2. The zero-order chi connectivity index (χ0) is 10.6. The van der Waals surface area contributed by atoms with Crippen molar-refractivity contribution in [1.29, 1.82) is 0 Å². The molecular weight excluding hydrogens is 172 g/mol. The molecule has 0 bridgehead atoms. The van der Waals surface area contributed by atoms with Crippen LogP contribution < -0.4 is 5.32 Å². The highest BCUT2D eigenvalue weighted by Crippen LogP contribution is 2.17. The Morgan fingerprint density at radius 1 is 1.43 bits per heavy atom. The molecule has 1 aliphatic heterocycles. The van der Waals surface area contributed by atoms with Crippen LogP contribution in [0.2, 0.25) is 0 Å². The third-order valence-corrected chi connectivity index (χ3v) is 3.19. The summed E-state index contributed by atoms with van der Waals surface area (Å²) in [6.07, 6.45) is 2.67. The first-order chi connectivity index (χ1) is 6.59. The molecule has 0 aromatic heterocycles. The highest BCUT2D eigenvalue weighted by molar-refractivity contribution is 4.81. The predicted molar refractivity (Wildman–Crippen MR) is 62.5 cm³/mol. The van der Waals surface area contributed by atoms with Crippen molar-refractivity contribution in [2.24, 2.45) is 11.8 Å². The van der Waals surface area contributed by atoms with E-state index in [9.17, 15) is 0 Å². The Hall–Kier alpha value is -0.0800. The first kappa shape index (κ1) is 12.0. The van der Waals surface area contributed by atoms with Crippen LogP contribution in [0.25, 0.3) is 0 Å². The number of nitrogens with one attached hydrogen (secondary N) is 1. The van der Waals surface area contributed by atoms with Gasteiger partial charge in [-0.2, -0.15) is 0 Å². The lowest BCUT2D eigenvalue weighted by molar-refractivity contribution is 0.271. The Balaban J connectivity index is 2.13. The van der Waals surface area contributed by atoms with Crippen LogP contribution in [0.1, 0.15) is 33.6 Å². The number of hydrogen-bond donors (Lipinski definition) is 1. The molecule has 2 nitrogen and oxygen atoms in total. The van der Waals surface area contributed by atoms with Crippen molar-refractivity contribution in [2.45, 2.75) is 39.7 Å². The molecule has 14 heavy (non-hydrogen) atoms. The average Bonchev–Trinajstić information content (AvgIpc) is 2.46. The molecule has 2 atom stereocenters. The molecule has 1 heterocycles. The Bertz CT molecular complexity index is 156. The SMILES string of the molecule is CC(C)CN(C)CCC1NCCC1C. The van der Waals surface area contributed by atoms with Gasteiger partial charge >= 0.3 is 0 Å². The van der Waals surface area contributed by atoms with Crippen LogP contribution in [0.5, 0.6) is 0 Å². The summed E-state index contributed by atoms with van der Waals surface area (Å²) in [5.74, 6) is 1.66. The highest BCUT2D eigenvalue weighted by Gasteiger charge is 2.22. The Kier molecular flexibility index (Phi) is 4.90. The van der Waals surface area contributed by atoms with Crippen LogP contribution in [0.3, 0.4) is 0 Å². The topological polar surface area (TPSA) is 15.3 Å². The van der Waals surface area contributed by atoms with Crippen LogP contribution in [0, 0.1) is 11.8 Å². The zero-order valence-corrected chi connectivity index (χ0v) is 10.2. The van der Waals surface area contributed by atoms with E-state index in [0.717, 1.165) is 17.9 Å². The first-order valence-electron chi connectivity index (χ1n) is 6.01. The van der Waals surface area contributed by atoms with E-state index in [1.807, 2.05) is 0 Å². The Morgan fingerprint density at radius 3 is 2.64 bits per heavy atom. The van der Waals surface area contributed by atoms with E-state index in [1.54, 1.807) is 0 Å². The molecule has 0 aliphatic carbocycles. The molecule has 1 aliphatic rings. The molecule has 1 saturated heterocycles. The summed E-state index contributed by atoms with van der Waals surface area (Å²) in [4.78, 5) is 2.46. The van der Waals surface area contributed by atoms with Crippen molar-refractivity contribution in [1.82, 2.24) is 10.2 Å². The van der Waals surface area contributed by atoms with E-state index in [4.69, 9.17) is 0 Å². The molecule has 0 saturated carbocycles. The monoisotopic (exact) mass is 198 g/mol. The van der Waals surface area contributed by atoms with Crippen molar-refractivity contribution in [3.63, 3.8) is 0 Å². The lowest BCUT2D eigenvalue weighted by Crippen LogP contribution is -2.32. The smallest absolute Gasteiger partial charge is 0.0105 e. The summed E-state index contributed by atoms with van der Waals surface area (Å²) < 4.78 is 0. The molecule has 0 spiro atoms. The minimum absolute atomic E-state index is 0.768. The van der Waals surface area contributed by atoms with Crippen molar-refractivity contribution >= 4 is 0 Å². The Labute approximate surface area is 89.1 Å². The summed E-state index contributed by atoms with van der Waals surface area (Å²) in [5.41, 5.74) is 0. The average molecular weight is 198 g/mol. The fraction of sp³-hybridized carbons (Fsp3) is 1.00. The molecule has 0 aromatic carbocycles. The number of nitrogens with zero attached hydrogens (tertiary/aromatic N) is 1. The third-order valence-electron chi connectivity index (χ3n) is 3.19. The van der Waals surface area contributed by atoms with Crippen molar-refractivity contribution < 1.29 is 0 Å². The molecule has 0 aromatic rings. The van der Waals surface area contributed by atoms with Gasteiger partial charge < -0.3 is 10.2 Å². The maximum atomic E-state index is 3.59. The zero-order valence-electron chi connectivity index (χ0n) is 10.2. The minimum Gasteiger partial charge on any atom is -0.314 e. The van der Waals surface area contributed by atoms with E-state index in [1.165, 1.54) is 32.5 Å². The van der Waals surface area contributed by atoms with Crippen LogP contribution in [-0.2, 0) is 0 Å². The maximum absolute atomic E-state index is 3.59. The van der Waals surface area contributed by atoms with Gasteiger partial charge in [-0.05, 0) is 44.8 Å². The van der Waals surface area contributed by atoms with Gasteiger partial charge in [0.2, 0.25) is 0 Å². The van der Waals surface area contributed by atoms with E-state index in [-0.39, 0.29) is 0 Å². The van der Waals surface area contributed by atoms with Gasteiger partial charge in [0, 0.05) is 12.6 Å². The molecule has 2 heteroatoms. The van der Waals surface area contributed by atoms with E-state index in [2.05, 4.69) is 38.0 Å². The fourth-order valence-electron chi connectivity index (χ4n) is 2.36. The summed E-state index contributed by atoms with van der Waals surface area (Å²) in [6.45, 7) is 10.6. The molecule has 1 N–H and O–H groups in total.